The van der Waals surface area contributed by atoms with E-state index >= 15 is 0 Å². The van der Waals surface area contributed by atoms with Crippen LogP contribution in [0.2, 0.25) is 0 Å². The van der Waals surface area contributed by atoms with Gasteiger partial charge in [-0.2, -0.15) is 0 Å². The van der Waals surface area contributed by atoms with Crippen molar-refractivity contribution in [2.45, 2.75) is 13.8 Å². The summed E-state index contributed by atoms with van der Waals surface area (Å²) >= 11 is 0. The van der Waals surface area contributed by atoms with E-state index in [2.05, 4.69) is 0 Å². The summed E-state index contributed by atoms with van der Waals surface area (Å²) < 4.78 is 6.99. The monoisotopic (exact) mass is 307 g/mol. The third-order valence-electron chi connectivity index (χ3n) is 3.89. The fraction of sp³-hybridized carbons (Fsp3) is 0.158. The molecule has 0 spiro atoms. The van der Waals surface area contributed by atoms with Crippen LogP contribution in [0.3, 0.4) is 0 Å². The molecule has 2 aromatic carbocycles. The number of aromatic nitrogens is 1. The Morgan fingerprint density at radius 2 is 1.83 bits per heavy atom. The first-order valence-corrected chi connectivity index (χ1v) is 7.50. The Kier molecular flexibility index (Phi) is 3.98. The summed E-state index contributed by atoms with van der Waals surface area (Å²) in [6.07, 6.45) is 0.805. The van der Waals surface area contributed by atoms with Crippen molar-refractivity contribution < 1.29 is 14.3 Å². The first-order chi connectivity index (χ1) is 11.2. The van der Waals surface area contributed by atoms with Gasteiger partial charge < -0.3 is 4.74 Å². The second kappa shape index (κ2) is 6.08. The highest BCUT2D eigenvalue weighted by Crippen LogP contribution is 2.25. The lowest BCUT2D eigenvalue weighted by atomic mass is 10.1. The van der Waals surface area contributed by atoms with E-state index in [0.29, 0.717) is 23.4 Å². The molecule has 23 heavy (non-hydrogen) atoms. The predicted octanol–water partition coefficient (Wildman–Crippen LogP) is 3.85. The minimum absolute atomic E-state index is 0.158. The van der Waals surface area contributed by atoms with E-state index in [1.54, 1.807) is 35.8 Å². The second-order valence-corrected chi connectivity index (χ2v) is 5.23. The molecule has 0 atom stereocenters. The highest BCUT2D eigenvalue weighted by atomic mass is 16.5. The number of rotatable bonds is 4. The maximum atomic E-state index is 12.9. The summed E-state index contributed by atoms with van der Waals surface area (Å²) in [5.41, 5.74) is 2.50. The van der Waals surface area contributed by atoms with Gasteiger partial charge in [0.15, 0.2) is 6.29 Å². The number of fused-ring (bicyclic) bond motifs is 1. The molecule has 4 nitrogen and oxygen atoms in total. The largest absolute Gasteiger partial charge is 0.494 e. The van der Waals surface area contributed by atoms with E-state index in [4.69, 9.17) is 4.74 Å². The average molecular weight is 307 g/mol. The van der Waals surface area contributed by atoms with Crippen molar-refractivity contribution in [1.82, 2.24) is 4.57 Å². The summed E-state index contributed by atoms with van der Waals surface area (Å²) in [6, 6.07) is 14.5. The van der Waals surface area contributed by atoms with Crippen molar-refractivity contribution in [2.24, 2.45) is 0 Å². The molecule has 0 saturated carbocycles. The number of hydrogen-bond acceptors (Lipinski definition) is 3. The van der Waals surface area contributed by atoms with Gasteiger partial charge in [-0.1, -0.05) is 18.2 Å². The Morgan fingerprint density at radius 1 is 1.13 bits per heavy atom. The van der Waals surface area contributed by atoms with Crippen molar-refractivity contribution in [2.75, 3.05) is 6.61 Å². The standard InChI is InChI=1S/C19H17NO3/c1-3-23-15-10-8-14(9-11-15)19(22)20-13(2)17(12-21)16-6-4-5-7-18(16)20/h4-12H,3H2,1-2H3. The molecule has 0 unspecified atom stereocenters. The molecule has 0 aliphatic rings. The van der Waals surface area contributed by atoms with E-state index in [0.717, 1.165) is 22.9 Å². The van der Waals surface area contributed by atoms with Gasteiger partial charge in [0.1, 0.15) is 5.75 Å². The number of aldehydes is 1. The van der Waals surface area contributed by atoms with Crippen LogP contribution in [-0.4, -0.2) is 23.4 Å². The van der Waals surface area contributed by atoms with Gasteiger partial charge in [-0.15, -0.1) is 0 Å². The Bertz CT molecular complexity index is 876. The molecule has 0 saturated heterocycles. The normalized spacial score (nSPS) is 10.7. The molecule has 0 amide bonds. The van der Waals surface area contributed by atoms with Crippen LogP contribution in [0, 0.1) is 6.92 Å². The highest BCUT2D eigenvalue weighted by Gasteiger charge is 2.19. The quantitative estimate of drug-likeness (QED) is 0.688. The third-order valence-corrected chi connectivity index (χ3v) is 3.89. The van der Waals surface area contributed by atoms with Gasteiger partial charge in [-0.25, -0.2) is 0 Å². The third kappa shape index (κ3) is 2.52. The molecule has 4 heteroatoms. The number of benzene rings is 2. The topological polar surface area (TPSA) is 48.3 Å². The minimum atomic E-state index is -0.158. The molecule has 3 rings (SSSR count). The van der Waals surface area contributed by atoms with Crippen LogP contribution >= 0.6 is 0 Å². The average Bonchev–Trinajstić information content (AvgIpc) is 2.86. The Labute approximate surface area is 134 Å². The van der Waals surface area contributed by atoms with E-state index in [-0.39, 0.29) is 5.91 Å². The lowest BCUT2D eigenvalue weighted by Gasteiger charge is -2.08. The van der Waals surface area contributed by atoms with E-state index in [1.807, 2.05) is 31.2 Å². The van der Waals surface area contributed by atoms with Crippen molar-refractivity contribution in [3.05, 3.63) is 65.4 Å². The summed E-state index contributed by atoms with van der Waals surface area (Å²) in [5.74, 6) is 0.571. The van der Waals surface area contributed by atoms with E-state index in [1.165, 1.54) is 0 Å². The highest BCUT2D eigenvalue weighted by molar-refractivity contribution is 6.08. The van der Waals surface area contributed by atoms with Crippen LogP contribution in [0.25, 0.3) is 10.9 Å². The van der Waals surface area contributed by atoms with Gasteiger partial charge >= 0.3 is 0 Å². The lowest BCUT2D eigenvalue weighted by molar-refractivity contribution is 0.0963. The fourth-order valence-corrected chi connectivity index (χ4v) is 2.79. The zero-order valence-corrected chi connectivity index (χ0v) is 13.1. The molecule has 3 aromatic rings. The molecular weight excluding hydrogens is 290 g/mol. The lowest BCUT2D eigenvalue weighted by Crippen LogP contribution is -2.13. The molecule has 0 aliphatic carbocycles. The van der Waals surface area contributed by atoms with Crippen LogP contribution in [0.15, 0.2) is 48.5 Å². The molecule has 116 valence electrons. The first kappa shape index (κ1) is 15.0. The van der Waals surface area contributed by atoms with Crippen LogP contribution in [-0.2, 0) is 0 Å². The van der Waals surface area contributed by atoms with Gasteiger partial charge in [0.2, 0.25) is 0 Å². The smallest absolute Gasteiger partial charge is 0.262 e. The van der Waals surface area contributed by atoms with E-state index in [9.17, 15) is 9.59 Å². The Hall–Kier alpha value is -2.88. The maximum Gasteiger partial charge on any atom is 0.262 e. The summed E-state index contributed by atoms with van der Waals surface area (Å²) in [4.78, 5) is 24.3. The Balaban J connectivity index is 2.11. The molecule has 1 aromatic heterocycles. The van der Waals surface area contributed by atoms with E-state index < -0.39 is 0 Å². The fourth-order valence-electron chi connectivity index (χ4n) is 2.79. The van der Waals surface area contributed by atoms with Crippen LogP contribution < -0.4 is 4.74 Å². The molecule has 0 aliphatic heterocycles. The number of nitrogens with zero attached hydrogens (tertiary/aromatic N) is 1. The van der Waals surface area contributed by atoms with Gasteiger partial charge in [0.05, 0.1) is 12.1 Å². The summed E-state index contributed by atoms with van der Waals surface area (Å²) in [6.45, 7) is 4.28. The van der Waals surface area contributed by atoms with Crippen molar-refractivity contribution >= 4 is 23.1 Å². The van der Waals surface area contributed by atoms with Crippen LogP contribution in [0.4, 0.5) is 0 Å². The zero-order valence-electron chi connectivity index (χ0n) is 13.1. The van der Waals surface area contributed by atoms with Gasteiger partial charge in [-0.3, -0.25) is 14.2 Å². The SMILES string of the molecule is CCOc1ccc(C(=O)n2c(C)c(C=O)c3ccccc32)cc1. The zero-order chi connectivity index (χ0) is 16.4. The molecule has 0 N–H and O–H groups in total. The van der Waals surface area contributed by atoms with Crippen molar-refractivity contribution in [3.63, 3.8) is 0 Å². The maximum absolute atomic E-state index is 12.9. The van der Waals surface area contributed by atoms with Crippen molar-refractivity contribution in [3.8, 4) is 5.75 Å². The molecule has 1 heterocycles. The Morgan fingerprint density at radius 3 is 2.48 bits per heavy atom. The molecule has 0 bridgehead atoms. The predicted molar refractivity (Wildman–Crippen MR) is 89.4 cm³/mol. The van der Waals surface area contributed by atoms with Crippen LogP contribution in [0.1, 0.15) is 33.3 Å². The first-order valence-electron chi connectivity index (χ1n) is 7.50. The number of hydrogen-bond donors (Lipinski definition) is 0. The molecule has 0 fully saturated rings. The second-order valence-electron chi connectivity index (χ2n) is 5.23. The van der Waals surface area contributed by atoms with Gasteiger partial charge in [0, 0.05) is 22.2 Å². The van der Waals surface area contributed by atoms with Gasteiger partial charge in [0.25, 0.3) is 5.91 Å². The molecular formula is C19H17NO3. The molecule has 0 radical (unpaired) electrons. The summed E-state index contributed by atoms with van der Waals surface area (Å²) in [5, 5.41) is 0.791. The number of carbonyl (C=O) groups is 2. The number of para-hydroxylation sites is 1. The van der Waals surface area contributed by atoms with Crippen LogP contribution in [0.5, 0.6) is 5.75 Å². The number of carbonyl (C=O) groups excluding carboxylic acids is 2. The summed E-state index contributed by atoms with van der Waals surface area (Å²) in [7, 11) is 0. The minimum Gasteiger partial charge on any atom is -0.494 e. The van der Waals surface area contributed by atoms with Gasteiger partial charge in [-0.05, 0) is 44.2 Å². The van der Waals surface area contributed by atoms with Crippen molar-refractivity contribution in [1.29, 1.82) is 0 Å². The number of ether oxygens (including phenoxy) is 1.